The minimum Gasteiger partial charge on any atom is -0.392 e. The molecule has 0 atom stereocenters. The number of aliphatic hydroxyl groups excluding tert-OH is 1. The fraction of sp³-hybridized carbons (Fsp3) is 0.176. The lowest BCUT2D eigenvalue weighted by molar-refractivity contribution is 0.275. The van der Waals surface area contributed by atoms with Gasteiger partial charge in [0, 0.05) is 28.2 Å². The second-order valence-electron chi connectivity index (χ2n) is 4.94. The largest absolute Gasteiger partial charge is 0.392 e. The molecular weight excluding hydrogens is 285 g/mol. The summed E-state index contributed by atoms with van der Waals surface area (Å²) in [5.41, 5.74) is 1.32. The van der Waals surface area contributed by atoms with Gasteiger partial charge in [-0.3, -0.25) is 0 Å². The molecule has 3 rings (SSSR count). The quantitative estimate of drug-likeness (QED) is 0.751. The maximum Gasteiger partial charge on any atom is 0.128 e. The zero-order valence-electron chi connectivity index (χ0n) is 11.5. The Labute approximate surface area is 126 Å². The number of aliphatic hydroxyl groups is 1. The molecule has 0 aliphatic rings. The maximum atomic E-state index is 13.3. The van der Waals surface area contributed by atoms with Gasteiger partial charge in [0.2, 0.25) is 0 Å². The summed E-state index contributed by atoms with van der Waals surface area (Å²) in [4.78, 5) is 1.28. The summed E-state index contributed by atoms with van der Waals surface area (Å²) in [6.07, 6.45) is 0. The van der Waals surface area contributed by atoms with Crippen molar-refractivity contribution in [2.75, 3.05) is 0 Å². The highest BCUT2D eigenvalue weighted by atomic mass is 32.1. The average molecular weight is 301 g/mol. The van der Waals surface area contributed by atoms with Crippen LogP contribution in [0.4, 0.5) is 4.39 Å². The van der Waals surface area contributed by atoms with E-state index < -0.39 is 0 Å². The van der Waals surface area contributed by atoms with Crippen molar-refractivity contribution in [1.82, 2.24) is 5.32 Å². The Morgan fingerprint density at radius 1 is 1.05 bits per heavy atom. The highest BCUT2D eigenvalue weighted by Crippen LogP contribution is 2.25. The fourth-order valence-corrected chi connectivity index (χ4v) is 3.35. The van der Waals surface area contributed by atoms with E-state index in [1.807, 2.05) is 12.1 Å². The lowest BCUT2D eigenvalue weighted by Gasteiger charge is -2.06. The van der Waals surface area contributed by atoms with Crippen LogP contribution in [0.25, 0.3) is 10.1 Å². The van der Waals surface area contributed by atoms with Crippen LogP contribution in [0.3, 0.4) is 0 Å². The van der Waals surface area contributed by atoms with Gasteiger partial charge in [0.25, 0.3) is 0 Å². The number of nitrogens with one attached hydrogen (secondary N) is 1. The van der Waals surface area contributed by atoms with Gasteiger partial charge in [0.05, 0.1) is 6.61 Å². The number of rotatable bonds is 5. The van der Waals surface area contributed by atoms with Crippen LogP contribution in [0.5, 0.6) is 0 Å². The van der Waals surface area contributed by atoms with Gasteiger partial charge >= 0.3 is 0 Å². The van der Waals surface area contributed by atoms with Gasteiger partial charge in [-0.25, -0.2) is 4.39 Å². The van der Waals surface area contributed by atoms with E-state index in [0.29, 0.717) is 12.1 Å². The van der Waals surface area contributed by atoms with Crippen LogP contribution in [0.15, 0.2) is 48.5 Å². The molecule has 108 valence electrons. The molecule has 0 fully saturated rings. The first-order chi connectivity index (χ1) is 10.3. The Kier molecular flexibility index (Phi) is 4.29. The maximum absolute atomic E-state index is 13.3. The van der Waals surface area contributed by atoms with E-state index in [-0.39, 0.29) is 12.4 Å². The molecule has 0 amide bonds. The van der Waals surface area contributed by atoms with E-state index in [1.165, 1.54) is 21.0 Å². The zero-order chi connectivity index (χ0) is 14.7. The van der Waals surface area contributed by atoms with Crippen LogP contribution in [0.2, 0.25) is 0 Å². The summed E-state index contributed by atoms with van der Waals surface area (Å²) in [5, 5.41) is 13.7. The Hall–Kier alpha value is -1.75. The van der Waals surface area contributed by atoms with E-state index in [0.717, 1.165) is 12.1 Å². The smallest absolute Gasteiger partial charge is 0.128 e. The first kappa shape index (κ1) is 14.2. The van der Waals surface area contributed by atoms with Crippen molar-refractivity contribution in [2.24, 2.45) is 0 Å². The zero-order valence-corrected chi connectivity index (χ0v) is 12.3. The average Bonchev–Trinajstić information content (AvgIpc) is 2.91. The minimum absolute atomic E-state index is 0.268. The molecule has 0 saturated carbocycles. The fourth-order valence-electron chi connectivity index (χ4n) is 2.31. The molecule has 0 unspecified atom stereocenters. The lowest BCUT2D eigenvalue weighted by Crippen LogP contribution is -2.12. The van der Waals surface area contributed by atoms with Gasteiger partial charge in [0.15, 0.2) is 0 Å². The van der Waals surface area contributed by atoms with Crippen LogP contribution < -0.4 is 5.32 Å². The third-order valence-corrected chi connectivity index (χ3v) is 4.50. The van der Waals surface area contributed by atoms with Gasteiger partial charge < -0.3 is 10.4 Å². The van der Waals surface area contributed by atoms with Crippen LogP contribution in [-0.4, -0.2) is 5.11 Å². The molecule has 1 heterocycles. The Morgan fingerprint density at radius 3 is 2.71 bits per heavy atom. The van der Waals surface area contributed by atoms with Crippen molar-refractivity contribution in [3.8, 4) is 0 Å². The molecule has 21 heavy (non-hydrogen) atoms. The predicted octanol–water partition coefficient (Wildman–Crippen LogP) is 3.82. The van der Waals surface area contributed by atoms with Crippen LogP contribution in [-0.2, 0) is 19.7 Å². The Bertz CT molecular complexity index is 720. The highest BCUT2D eigenvalue weighted by Gasteiger charge is 2.04. The first-order valence-electron chi connectivity index (χ1n) is 6.82. The minimum atomic E-state index is -0.356. The van der Waals surface area contributed by atoms with E-state index >= 15 is 0 Å². The third kappa shape index (κ3) is 3.29. The van der Waals surface area contributed by atoms with Gasteiger partial charge in [-0.15, -0.1) is 11.3 Å². The summed E-state index contributed by atoms with van der Waals surface area (Å²) in [6.45, 7) is 1.17. The molecule has 0 aliphatic heterocycles. The molecule has 0 saturated heterocycles. The van der Waals surface area contributed by atoms with E-state index in [1.54, 1.807) is 23.5 Å². The van der Waals surface area contributed by atoms with Crippen LogP contribution >= 0.6 is 11.3 Å². The van der Waals surface area contributed by atoms with Gasteiger partial charge in [-0.05, 0) is 35.2 Å². The molecule has 0 spiro atoms. The van der Waals surface area contributed by atoms with E-state index in [9.17, 15) is 4.39 Å². The molecular formula is C17H16FNOS. The van der Waals surface area contributed by atoms with Gasteiger partial charge in [-0.1, -0.05) is 24.3 Å². The molecule has 4 heteroatoms. The molecule has 0 bridgehead atoms. The van der Waals surface area contributed by atoms with E-state index in [2.05, 4.69) is 23.5 Å². The summed E-state index contributed by atoms with van der Waals surface area (Å²) in [6, 6.07) is 15.4. The van der Waals surface area contributed by atoms with Crippen molar-refractivity contribution in [2.45, 2.75) is 19.7 Å². The van der Waals surface area contributed by atoms with Crippen molar-refractivity contribution < 1.29 is 9.50 Å². The predicted molar refractivity (Wildman–Crippen MR) is 84.7 cm³/mol. The molecule has 0 radical (unpaired) electrons. The summed E-state index contributed by atoms with van der Waals surface area (Å²) < 4.78 is 14.6. The number of thiophene rings is 1. The lowest BCUT2D eigenvalue weighted by atomic mass is 10.1. The van der Waals surface area contributed by atoms with Gasteiger partial charge in [-0.2, -0.15) is 0 Å². The number of benzene rings is 2. The molecule has 2 aromatic carbocycles. The highest BCUT2D eigenvalue weighted by molar-refractivity contribution is 7.19. The summed E-state index contributed by atoms with van der Waals surface area (Å²) in [5.74, 6) is -0.356. The number of halogens is 1. The van der Waals surface area contributed by atoms with Crippen molar-refractivity contribution in [3.05, 3.63) is 70.4 Å². The second-order valence-corrected chi connectivity index (χ2v) is 6.11. The number of hydrogen-bond donors (Lipinski definition) is 2. The second kappa shape index (κ2) is 6.35. The van der Waals surface area contributed by atoms with E-state index in [4.69, 9.17) is 5.11 Å². The van der Waals surface area contributed by atoms with Crippen LogP contribution in [0, 0.1) is 5.82 Å². The Morgan fingerprint density at radius 2 is 1.90 bits per heavy atom. The van der Waals surface area contributed by atoms with Crippen molar-refractivity contribution in [1.29, 1.82) is 0 Å². The normalized spacial score (nSPS) is 11.1. The summed E-state index contributed by atoms with van der Waals surface area (Å²) >= 11 is 1.78. The van der Waals surface area contributed by atoms with Crippen molar-refractivity contribution >= 4 is 21.4 Å². The molecule has 1 aromatic heterocycles. The van der Waals surface area contributed by atoms with Crippen LogP contribution in [0.1, 0.15) is 16.0 Å². The SMILES string of the molecule is OCc1cc(CNCc2cc3ccccc3s2)ccc1F. The van der Waals surface area contributed by atoms with Gasteiger partial charge in [0.1, 0.15) is 5.82 Å². The number of fused-ring (bicyclic) bond motifs is 1. The molecule has 2 nitrogen and oxygen atoms in total. The molecule has 3 aromatic rings. The third-order valence-electron chi connectivity index (χ3n) is 3.39. The molecule has 0 aliphatic carbocycles. The topological polar surface area (TPSA) is 32.3 Å². The summed E-state index contributed by atoms with van der Waals surface area (Å²) in [7, 11) is 0. The Balaban J connectivity index is 1.63. The molecule has 2 N–H and O–H groups in total. The van der Waals surface area contributed by atoms with Crippen molar-refractivity contribution in [3.63, 3.8) is 0 Å². The monoisotopic (exact) mass is 301 g/mol. The number of hydrogen-bond acceptors (Lipinski definition) is 3. The standard InChI is InChI=1S/C17H16FNOS/c18-16-6-5-12(7-14(16)11-20)9-19-10-15-8-13-3-1-2-4-17(13)21-15/h1-8,19-20H,9-11H2. The first-order valence-corrected chi connectivity index (χ1v) is 7.64.